The van der Waals surface area contributed by atoms with Crippen molar-refractivity contribution in [1.29, 1.82) is 0 Å². The normalized spacial score (nSPS) is 10.6. The van der Waals surface area contributed by atoms with Crippen LogP contribution in [0.3, 0.4) is 0 Å². The summed E-state index contributed by atoms with van der Waals surface area (Å²) in [7, 11) is 0. The van der Waals surface area contributed by atoms with Crippen molar-refractivity contribution in [1.82, 2.24) is 4.98 Å². The topological polar surface area (TPSA) is 52.3 Å². The van der Waals surface area contributed by atoms with Crippen LogP contribution in [-0.2, 0) is 4.79 Å². The van der Waals surface area contributed by atoms with E-state index >= 15 is 0 Å². The highest BCUT2D eigenvalue weighted by Crippen LogP contribution is 2.23. The first-order valence-corrected chi connectivity index (χ1v) is 7.04. The Morgan fingerprint density at radius 2 is 1.85 bits per heavy atom. The lowest BCUT2D eigenvalue weighted by Crippen LogP contribution is -2.10. The third-order valence-corrected chi connectivity index (χ3v) is 3.36. The molecule has 0 spiro atoms. The van der Waals surface area contributed by atoms with Crippen molar-refractivity contribution in [3.8, 4) is 5.75 Å². The lowest BCUT2D eigenvalue weighted by Gasteiger charge is -2.01. The molecule has 100 valence electrons. The summed E-state index contributed by atoms with van der Waals surface area (Å²) in [5, 5.41) is 0.469. The molecule has 1 heterocycles. The summed E-state index contributed by atoms with van der Waals surface area (Å²) in [6.45, 7) is 0. The van der Waals surface area contributed by atoms with Gasteiger partial charge >= 0.3 is 5.97 Å². The summed E-state index contributed by atoms with van der Waals surface area (Å²) in [4.78, 5) is 16.0. The summed E-state index contributed by atoms with van der Waals surface area (Å²) in [5.74, 6) is 0.362. The van der Waals surface area contributed by atoms with Crippen LogP contribution < -0.4 is 4.74 Å². The molecule has 4 nitrogen and oxygen atoms in total. The molecular weight excluding hydrogens is 274 g/mol. The van der Waals surface area contributed by atoms with Gasteiger partial charge in [0.2, 0.25) is 0 Å². The molecule has 0 N–H and O–H groups in total. The van der Waals surface area contributed by atoms with Crippen LogP contribution in [0.2, 0.25) is 0 Å². The van der Waals surface area contributed by atoms with E-state index in [9.17, 15) is 4.79 Å². The molecule has 2 aromatic carbocycles. The number of hydrogen-bond acceptors (Lipinski definition) is 5. The van der Waals surface area contributed by atoms with Gasteiger partial charge < -0.3 is 9.15 Å². The number of carbonyl (C=O) groups is 1. The number of para-hydroxylation sites is 3. The van der Waals surface area contributed by atoms with E-state index in [0.717, 1.165) is 5.52 Å². The molecule has 0 radical (unpaired) electrons. The van der Waals surface area contributed by atoms with Crippen LogP contribution in [-0.4, -0.2) is 16.7 Å². The van der Waals surface area contributed by atoms with Gasteiger partial charge in [0.1, 0.15) is 17.0 Å². The molecule has 0 aliphatic rings. The second kappa shape index (κ2) is 5.79. The molecule has 0 atom stereocenters. The van der Waals surface area contributed by atoms with Crippen molar-refractivity contribution >= 4 is 28.8 Å². The predicted octanol–water partition coefficient (Wildman–Crippen LogP) is 3.53. The highest BCUT2D eigenvalue weighted by Gasteiger charge is 2.10. The Hall–Kier alpha value is -2.27. The molecule has 0 aliphatic heterocycles. The van der Waals surface area contributed by atoms with E-state index in [1.807, 2.05) is 42.5 Å². The molecule has 5 heteroatoms. The molecule has 0 aliphatic carbocycles. The molecule has 0 saturated heterocycles. The number of hydrogen-bond donors (Lipinski definition) is 0. The van der Waals surface area contributed by atoms with Gasteiger partial charge in [-0.3, -0.25) is 4.79 Å². The second-order valence-corrected chi connectivity index (χ2v) is 4.95. The number of thioether (sulfide) groups is 1. The van der Waals surface area contributed by atoms with Crippen molar-refractivity contribution in [3.63, 3.8) is 0 Å². The SMILES string of the molecule is O=C(CSc1nc2ccccc2o1)Oc1ccccc1. The molecule has 0 unspecified atom stereocenters. The summed E-state index contributed by atoms with van der Waals surface area (Å²) in [6, 6.07) is 16.5. The minimum absolute atomic E-state index is 0.154. The minimum atomic E-state index is -0.330. The summed E-state index contributed by atoms with van der Waals surface area (Å²) < 4.78 is 10.7. The second-order valence-electron chi connectivity index (χ2n) is 4.02. The number of carbonyl (C=O) groups excluding carboxylic acids is 1. The van der Waals surface area contributed by atoms with E-state index in [4.69, 9.17) is 9.15 Å². The lowest BCUT2D eigenvalue weighted by molar-refractivity contribution is -0.131. The highest BCUT2D eigenvalue weighted by molar-refractivity contribution is 7.99. The Morgan fingerprint density at radius 3 is 2.65 bits per heavy atom. The third-order valence-electron chi connectivity index (χ3n) is 2.56. The van der Waals surface area contributed by atoms with Crippen LogP contribution in [0.5, 0.6) is 5.75 Å². The van der Waals surface area contributed by atoms with Crippen LogP contribution in [0.15, 0.2) is 64.2 Å². The first-order valence-electron chi connectivity index (χ1n) is 6.05. The number of ether oxygens (including phenoxy) is 1. The standard InChI is InChI=1S/C15H11NO3S/c17-14(18-11-6-2-1-3-7-11)10-20-15-16-12-8-4-5-9-13(12)19-15/h1-9H,10H2. The molecular formula is C15H11NO3S. The molecule has 0 bridgehead atoms. The predicted molar refractivity (Wildman–Crippen MR) is 76.8 cm³/mol. The summed E-state index contributed by atoms with van der Waals surface area (Å²) in [6.07, 6.45) is 0. The Bertz CT molecular complexity index is 691. The molecule has 3 rings (SSSR count). The number of aromatic nitrogens is 1. The van der Waals surface area contributed by atoms with Crippen LogP contribution in [0.4, 0.5) is 0 Å². The molecule has 0 fully saturated rings. The smallest absolute Gasteiger partial charge is 0.321 e. The van der Waals surface area contributed by atoms with E-state index in [-0.39, 0.29) is 11.7 Å². The summed E-state index contributed by atoms with van der Waals surface area (Å²) in [5.41, 5.74) is 1.50. The Labute approximate surface area is 119 Å². The number of nitrogens with zero attached hydrogens (tertiary/aromatic N) is 1. The fourth-order valence-electron chi connectivity index (χ4n) is 1.68. The highest BCUT2D eigenvalue weighted by atomic mass is 32.2. The zero-order chi connectivity index (χ0) is 13.8. The van der Waals surface area contributed by atoms with E-state index in [2.05, 4.69) is 4.98 Å². The minimum Gasteiger partial charge on any atom is -0.431 e. The molecule has 1 aromatic heterocycles. The van der Waals surface area contributed by atoms with Crippen molar-refractivity contribution in [2.24, 2.45) is 0 Å². The fraction of sp³-hybridized carbons (Fsp3) is 0.0667. The van der Waals surface area contributed by atoms with Gasteiger partial charge in [0.25, 0.3) is 5.22 Å². The van der Waals surface area contributed by atoms with Gasteiger partial charge in [-0.1, -0.05) is 42.1 Å². The van der Waals surface area contributed by atoms with Gasteiger partial charge in [0.15, 0.2) is 5.58 Å². The average molecular weight is 285 g/mol. The van der Waals surface area contributed by atoms with E-state index in [0.29, 0.717) is 16.6 Å². The van der Waals surface area contributed by atoms with E-state index < -0.39 is 0 Å². The van der Waals surface area contributed by atoms with Gasteiger partial charge in [-0.2, -0.15) is 0 Å². The molecule has 3 aromatic rings. The maximum atomic E-state index is 11.7. The quantitative estimate of drug-likeness (QED) is 0.417. The first kappa shape index (κ1) is 12.7. The number of fused-ring (bicyclic) bond motifs is 1. The van der Waals surface area contributed by atoms with Crippen LogP contribution in [0.25, 0.3) is 11.1 Å². The van der Waals surface area contributed by atoms with Gasteiger partial charge in [-0.05, 0) is 24.3 Å². The third kappa shape index (κ3) is 3.00. The molecule has 20 heavy (non-hydrogen) atoms. The van der Waals surface area contributed by atoms with Crippen LogP contribution in [0, 0.1) is 0 Å². The zero-order valence-electron chi connectivity index (χ0n) is 10.5. The van der Waals surface area contributed by atoms with Crippen molar-refractivity contribution < 1.29 is 13.9 Å². The van der Waals surface area contributed by atoms with Crippen molar-refractivity contribution in [2.45, 2.75) is 5.22 Å². The summed E-state index contributed by atoms with van der Waals surface area (Å²) >= 11 is 1.22. The first-order chi connectivity index (χ1) is 9.81. The number of esters is 1. The largest absolute Gasteiger partial charge is 0.431 e. The van der Waals surface area contributed by atoms with E-state index in [1.165, 1.54) is 11.8 Å². The van der Waals surface area contributed by atoms with Gasteiger partial charge in [-0.25, -0.2) is 4.98 Å². The molecule has 0 saturated carbocycles. The molecule has 0 amide bonds. The number of rotatable bonds is 4. The Kier molecular flexibility index (Phi) is 3.69. The monoisotopic (exact) mass is 285 g/mol. The number of benzene rings is 2. The fourth-order valence-corrected chi connectivity index (χ4v) is 2.29. The van der Waals surface area contributed by atoms with Crippen LogP contribution >= 0.6 is 11.8 Å². The van der Waals surface area contributed by atoms with Crippen LogP contribution in [0.1, 0.15) is 0 Å². The van der Waals surface area contributed by atoms with Crippen molar-refractivity contribution in [2.75, 3.05) is 5.75 Å². The van der Waals surface area contributed by atoms with Gasteiger partial charge in [0.05, 0.1) is 0 Å². The van der Waals surface area contributed by atoms with E-state index in [1.54, 1.807) is 12.1 Å². The average Bonchev–Trinajstić information content (AvgIpc) is 2.89. The maximum Gasteiger partial charge on any atom is 0.321 e. The van der Waals surface area contributed by atoms with Gasteiger partial charge in [-0.15, -0.1) is 0 Å². The van der Waals surface area contributed by atoms with Gasteiger partial charge in [0, 0.05) is 0 Å². The zero-order valence-corrected chi connectivity index (χ0v) is 11.3. The Morgan fingerprint density at radius 1 is 1.10 bits per heavy atom. The number of oxazole rings is 1. The van der Waals surface area contributed by atoms with Crippen molar-refractivity contribution in [3.05, 3.63) is 54.6 Å². The maximum absolute atomic E-state index is 11.7. The lowest BCUT2D eigenvalue weighted by atomic mass is 10.3. The Balaban J connectivity index is 1.60.